The highest BCUT2D eigenvalue weighted by Gasteiger charge is 2.25. The highest BCUT2D eigenvalue weighted by Crippen LogP contribution is 2.40. The van der Waals surface area contributed by atoms with Gasteiger partial charge in [-0.3, -0.25) is 4.90 Å². The molecule has 1 aromatic heterocycles. The summed E-state index contributed by atoms with van der Waals surface area (Å²) in [7, 11) is 0. The maximum Gasteiger partial charge on any atom is 0.231 e. The van der Waals surface area contributed by atoms with Crippen LogP contribution in [0.2, 0.25) is 5.02 Å². The normalized spacial score (nSPS) is 21.2. The minimum Gasteiger partial charge on any atom is -0.454 e. The van der Waals surface area contributed by atoms with Crippen LogP contribution in [0.5, 0.6) is 11.5 Å². The Bertz CT molecular complexity index is 665. The van der Waals surface area contributed by atoms with Crippen LogP contribution in [-0.2, 0) is 11.3 Å². The number of hydrogen-bond donors (Lipinski definition) is 0. The fraction of sp³-hybridized carbons (Fsp3) is 0.400. The maximum atomic E-state index is 6.25. The Morgan fingerprint density at radius 3 is 3.18 bits per heavy atom. The number of rotatable bonds is 3. The second kappa shape index (κ2) is 6.04. The number of thiazole rings is 1. The number of fused-ring (bicyclic) bond motifs is 1. The zero-order valence-corrected chi connectivity index (χ0v) is 13.4. The Morgan fingerprint density at radius 1 is 1.36 bits per heavy atom. The van der Waals surface area contributed by atoms with Crippen molar-refractivity contribution in [2.45, 2.75) is 12.6 Å². The molecule has 1 saturated heterocycles. The van der Waals surface area contributed by atoms with Gasteiger partial charge in [-0.1, -0.05) is 11.6 Å². The van der Waals surface area contributed by atoms with E-state index in [-0.39, 0.29) is 12.9 Å². The quantitative estimate of drug-likeness (QED) is 0.860. The van der Waals surface area contributed by atoms with Crippen molar-refractivity contribution in [1.82, 2.24) is 9.88 Å². The Morgan fingerprint density at radius 2 is 2.32 bits per heavy atom. The van der Waals surface area contributed by atoms with E-state index < -0.39 is 0 Å². The summed E-state index contributed by atoms with van der Waals surface area (Å²) >= 11 is 7.88. The van der Waals surface area contributed by atoms with E-state index in [1.807, 2.05) is 23.7 Å². The smallest absolute Gasteiger partial charge is 0.231 e. The summed E-state index contributed by atoms with van der Waals surface area (Å²) < 4.78 is 16.6. The zero-order chi connectivity index (χ0) is 14.9. The zero-order valence-electron chi connectivity index (χ0n) is 11.8. The SMILES string of the molecule is Clc1cc(CN2CCO[C@H](c3nccs3)C2)cc2c1OCO2. The summed E-state index contributed by atoms with van der Waals surface area (Å²) in [6.45, 7) is 3.49. The Labute approximate surface area is 137 Å². The van der Waals surface area contributed by atoms with Gasteiger partial charge in [0.05, 0.1) is 11.6 Å². The average molecular weight is 339 g/mol. The third-order valence-corrected chi connectivity index (χ3v) is 4.92. The molecule has 0 saturated carbocycles. The molecule has 2 aromatic rings. The van der Waals surface area contributed by atoms with Gasteiger partial charge in [0.25, 0.3) is 0 Å². The van der Waals surface area contributed by atoms with E-state index in [2.05, 4.69) is 9.88 Å². The molecule has 22 heavy (non-hydrogen) atoms. The molecule has 0 amide bonds. The van der Waals surface area contributed by atoms with E-state index in [0.29, 0.717) is 17.4 Å². The second-order valence-electron chi connectivity index (χ2n) is 5.28. The lowest BCUT2D eigenvalue weighted by atomic mass is 10.1. The molecule has 0 radical (unpaired) electrons. The minimum atomic E-state index is 0.0539. The third-order valence-electron chi connectivity index (χ3n) is 3.77. The van der Waals surface area contributed by atoms with Gasteiger partial charge in [-0.15, -0.1) is 11.3 Å². The Kier molecular flexibility index (Phi) is 3.92. The summed E-state index contributed by atoms with van der Waals surface area (Å²) in [6.07, 6.45) is 1.87. The first-order valence-corrected chi connectivity index (χ1v) is 8.37. The van der Waals surface area contributed by atoms with Gasteiger partial charge in [-0.25, -0.2) is 4.98 Å². The summed E-state index contributed by atoms with van der Waals surface area (Å²) in [5.41, 5.74) is 1.12. The van der Waals surface area contributed by atoms with Crippen molar-refractivity contribution in [2.75, 3.05) is 26.5 Å². The van der Waals surface area contributed by atoms with Crippen LogP contribution in [0.25, 0.3) is 0 Å². The number of morpholine rings is 1. The van der Waals surface area contributed by atoms with E-state index >= 15 is 0 Å². The molecule has 4 rings (SSSR count). The maximum absolute atomic E-state index is 6.25. The van der Waals surface area contributed by atoms with Crippen molar-refractivity contribution in [3.63, 3.8) is 0 Å². The molecule has 0 spiro atoms. The van der Waals surface area contributed by atoms with Crippen molar-refractivity contribution >= 4 is 22.9 Å². The highest BCUT2D eigenvalue weighted by atomic mass is 35.5. The van der Waals surface area contributed by atoms with Crippen molar-refractivity contribution in [1.29, 1.82) is 0 Å². The van der Waals surface area contributed by atoms with Crippen LogP contribution >= 0.6 is 22.9 Å². The molecule has 116 valence electrons. The topological polar surface area (TPSA) is 43.8 Å². The predicted octanol–water partition coefficient (Wildman–Crippen LogP) is 3.10. The molecule has 7 heteroatoms. The first-order valence-electron chi connectivity index (χ1n) is 7.11. The number of hydrogen-bond acceptors (Lipinski definition) is 6. The van der Waals surface area contributed by atoms with Gasteiger partial charge in [0.2, 0.25) is 6.79 Å². The number of nitrogens with zero attached hydrogens (tertiary/aromatic N) is 2. The van der Waals surface area contributed by atoms with Crippen LogP contribution in [0.15, 0.2) is 23.7 Å². The van der Waals surface area contributed by atoms with Gasteiger partial charge in [0.15, 0.2) is 11.5 Å². The summed E-state index contributed by atoms with van der Waals surface area (Å²) in [5.74, 6) is 1.38. The first-order chi connectivity index (χ1) is 10.8. The molecule has 5 nitrogen and oxygen atoms in total. The summed E-state index contributed by atoms with van der Waals surface area (Å²) in [6, 6.07) is 3.95. The lowest BCUT2D eigenvalue weighted by molar-refractivity contribution is -0.0330. The van der Waals surface area contributed by atoms with Crippen LogP contribution in [0.1, 0.15) is 16.7 Å². The van der Waals surface area contributed by atoms with E-state index in [1.54, 1.807) is 11.3 Å². The highest BCUT2D eigenvalue weighted by molar-refractivity contribution is 7.09. The van der Waals surface area contributed by atoms with E-state index in [4.69, 9.17) is 25.8 Å². The Balaban J connectivity index is 1.48. The van der Waals surface area contributed by atoms with Gasteiger partial charge in [-0.05, 0) is 17.7 Å². The van der Waals surface area contributed by atoms with E-state index in [0.717, 1.165) is 36.0 Å². The predicted molar refractivity (Wildman–Crippen MR) is 83.7 cm³/mol. The standard InChI is InChI=1S/C15H15ClN2O3S/c16-11-5-10(6-12-14(11)21-9-20-12)7-18-2-3-19-13(8-18)15-17-1-4-22-15/h1,4-6,13H,2-3,7-9H2/t13-/m0/s1. The van der Waals surface area contributed by atoms with E-state index in [1.165, 1.54) is 0 Å². The molecule has 0 unspecified atom stereocenters. The van der Waals surface area contributed by atoms with Crippen LogP contribution < -0.4 is 9.47 Å². The molecular weight excluding hydrogens is 324 g/mol. The van der Waals surface area contributed by atoms with Crippen LogP contribution in [0, 0.1) is 0 Å². The van der Waals surface area contributed by atoms with Gasteiger partial charge in [0, 0.05) is 31.2 Å². The Hall–Kier alpha value is -1.34. The molecule has 2 aliphatic heterocycles. The monoisotopic (exact) mass is 338 g/mol. The molecule has 1 aromatic carbocycles. The fourth-order valence-corrected chi connectivity index (χ4v) is 3.72. The first kappa shape index (κ1) is 14.3. The van der Waals surface area contributed by atoms with Crippen molar-refractivity contribution in [3.05, 3.63) is 39.3 Å². The molecule has 3 heterocycles. The summed E-state index contributed by atoms with van der Waals surface area (Å²) in [4.78, 5) is 6.70. The van der Waals surface area contributed by atoms with Crippen LogP contribution in [-0.4, -0.2) is 36.4 Å². The molecule has 0 aliphatic carbocycles. The number of benzene rings is 1. The van der Waals surface area contributed by atoms with Crippen LogP contribution in [0.4, 0.5) is 0 Å². The average Bonchev–Trinajstić information content (AvgIpc) is 3.19. The molecule has 0 bridgehead atoms. The lowest BCUT2D eigenvalue weighted by Gasteiger charge is -2.32. The second-order valence-corrected chi connectivity index (χ2v) is 6.61. The molecular formula is C15H15ClN2O3S. The minimum absolute atomic E-state index is 0.0539. The number of ether oxygens (including phenoxy) is 3. The number of halogens is 1. The molecule has 1 atom stereocenters. The fourth-order valence-electron chi connectivity index (χ4n) is 2.76. The largest absolute Gasteiger partial charge is 0.454 e. The summed E-state index contributed by atoms with van der Waals surface area (Å²) in [5, 5.41) is 3.62. The lowest BCUT2D eigenvalue weighted by Crippen LogP contribution is -2.37. The van der Waals surface area contributed by atoms with Gasteiger partial charge >= 0.3 is 0 Å². The van der Waals surface area contributed by atoms with Crippen molar-refractivity contribution in [2.24, 2.45) is 0 Å². The van der Waals surface area contributed by atoms with Gasteiger partial charge in [-0.2, -0.15) is 0 Å². The molecule has 2 aliphatic rings. The van der Waals surface area contributed by atoms with Crippen molar-refractivity contribution in [3.8, 4) is 11.5 Å². The number of aromatic nitrogens is 1. The van der Waals surface area contributed by atoms with Gasteiger partial charge < -0.3 is 14.2 Å². The molecule has 0 N–H and O–H groups in total. The third kappa shape index (κ3) is 2.79. The van der Waals surface area contributed by atoms with E-state index in [9.17, 15) is 0 Å². The van der Waals surface area contributed by atoms with Gasteiger partial charge in [0.1, 0.15) is 11.1 Å². The van der Waals surface area contributed by atoms with Crippen LogP contribution in [0.3, 0.4) is 0 Å². The molecule has 1 fully saturated rings. The van der Waals surface area contributed by atoms with Crippen molar-refractivity contribution < 1.29 is 14.2 Å².